The summed E-state index contributed by atoms with van der Waals surface area (Å²) in [6.45, 7) is 3.53. The van der Waals surface area contributed by atoms with Gasteiger partial charge in [-0.05, 0) is 56.2 Å². The van der Waals surface area contributed by atoms with Crippen LogP contribution in [-0.2, 0) is 16.4 Å². The van der Waals surface area contributed by atoms with Crippen LogP contribution in [0.15, 0.2) is 65.6 Å². The summed E-state index contributed by atoms with van der Waals surface area (Å²) in [4.78, 5) is 13.1. The van der Waals surface area contributed by atoms with Crippen molar-refractivity contribution < 1.29 is 13.2 Å². The van der Waals surface area contributed by atoms with E-state index in [1.165, 1.54) is 28.9 Å². The molecule has 6 nitrogen and oxygen atoms in total. The fraction of sp³-hybridized carbons (Fsp3) is 0.200. The minimum atomic E-state index is -3.93. The van der Waals surface area contributed by atoms with Gasteiger partial charge < -0.3 is 0 Å². The van der Waals surface area contributed by atoms with Crippen LogP contribution in [0.4, 0.5) is 0 Å². The van der Waals surface area contributed by atoms with Crippen molar-refractivity contribution in [2.75, 3.05) is 0 Å². The number of nitrogens with one attached hydrogen (secondary N) is 1. The summed E-state index contributed by atoms with van der Waals surface area (Å²) < 4.78 is 29.4. The maximum Gasteiger partial charge on any atom is 0.265 e. The molecule has 0 fully saturated rings. The minimum absolute atomic E-state index is 0.0381. The molecule has 1 aromatic heterocycles. The van der Waals surface area contributed by atoms with Crippen LogP contribution < -0.4 is 4.72 Å². The third kappa shape index (κ3) is 4.67. The quantitative estimate of drug-likeness (QED) is 0.666. The van der Waals surface area contributed by atoms with Crippen molar-refractivity contribution in [2.24, 2.45) is 0 Å². The third-order valence-corrected chi connectivity index (χ3v) is 5.96. The lowest BCUT2D eigenvalue weighted by atomic mass is 10.1. The molecule has 0 aliphatic rings. The lowest BCUT2D eigenvalue weighted by Gasteiger charge is -2.18. The van der Waals surface area contributed by atoms with E-state index >= 15 is 0 Å². The van der Waals surface area contributed by atoms with Gasteiger partial charge in [0.25, 0.3) is 5.91 Å². The lowest BCUT2D eigenvalue weighted by Crippen LogP contribution is -2.45. The summed E-state index contributed by atoms with van der Waals surface area (Å²) in [5.74, 6) is -0.438. The van der Waals surface area contributed by atoms with Crippen LogP contribution in [0.5, 0.6) is 0 Å². The Hall–Kier alpha value is -2.48. The molecule has 1 N–H and O–H groups in total. The van der Waals surface area contributed by atoms with Crippen LogP contribution >= 0.6 is 11.6 Å². The predicted octanol–water partition coefficient (Wildman–Crippen LogP) is 3.38. The van der Waals surface area contributed by atoms with Crippen molar-refractivity contribution in [1.29, 1.82) is 0 Å². The molecule has 2 aromatic carbocycles. The minimum Gasteiger partial charge on any atom is -0.271 e. The Morgan fingerprint density at radius 3 is 2.32 bits per heavy atom. The molecule has 0 aliphatic carbocycles. The van der Waals surface area contributed by atoms with Crippen LogP contribution in [0.3, 0.4) is 0 Å². The highest BCUT2D eigenvalue weighted by atomic mass is 35.5. The van der Waals surface area contributed by atoms with Crippen LogP contribution in [0.2, 0.25) is 5.02 Å². The number of hydrogen-bond acceptors (Lipinski definition) is 4. The van der Waals surface area contributed by atoms with Gasteiger partial charge in [0, 0.05) is 10.7 Å². The fourth-order valence-electron chi connectivity index (χ4n) is 2.90. The molecule has 0 radical (unpaired) electrons. The van der Waals surface area contributed by atoms with Gasteiger partial charge in [-0.3, -0.25) is 4.79 Å². The molecule has 1 unspecified atom stereocenters. The molecule has 0 spiro atoms. The highest BCUT2D eigenvalue weighted by Crippen LogP contribution is 2.16. The van der Waals surface area contributed by atoms with Crippen molar-refractivity contribution in [1.82, 2.24) is 14.5 Å². The van der Waals surface area contributed by atoms with Crippen LogP contribution in [-0.4, -0.2) is 30.1 Å². The van der Waals surface area contributed by atoms with E-state index in [0.29, 0.717) is 16.4 Å². The number of carbonyl (C=O) groups excluding carboxylic acids is 1. The molecular weight excluding hydrogens is 398 g/mol. The first-order valence-corrected chi connectivity index (χ1v) is 10.5. The molecule has 0 saturated heterocycles. The normalized spacial score (nSPS) is 12.7. The average molecular weight is 418 g/mol. The maximum atomic E-state index is 13.1. The topological polar surface area (TPSA) is 81.1 Å². The first kappa shape index (κ1) is 20.3. The van der Waals surface area contributed by atoms with E-state index < -0.39 is 22.0 Å². The molecule has 8 heteroatoms. The zero-order chi connectivity index (χ0) is 20.3. The summed E-state index contributed by atoms with van der Waals surface area (Å²) in [6.07, 6.45) is 0.199. The van der Waals surface area contributed by atoms with Gasteiger partial charge in [0.1, 0.15) is 6.04 Å². The molecule has 0 amide bonds. The van der Waals surface area contributed by atoms with E-state index in [0.717, 1.165) is 5.56 Å². The summed E-state index contributed by atoms with van der Waals surface area (Å²) in [6, 6.07) is 15.8. The second kappa shape index (κ2) is 8.26. The molecule has 0 saturated carbocycles. The Morgan fingerprint density at radius 1 is 1.11 bits per heavy atom. The highest BCUT2D eigenvalue weighted by molar-refractivity contribution is 7.89. The van der Waals surface area contributed by atoms with E-state index in [-0.39, 0.29) is 11.3 Å². The number of halogens is 1. The van der Waals surface area contributed by atoms with E-state index in [9.17, 15) is 13.2 Å². The molecule has 1 heterocycles. The second-order valence-electron chi connectivity index (χ2n) is 6.49. The smallest absolute Gasteiger partial charge is 0.265 e. The van der Waals surface area contributed by atoms with E-state index in [1.807, 2.05) is 30.3 Å². The van der Waals surface area contributed by atoms with Gasteiger partial charge >= 0.3 is 0 Å². The number of carbonyl (C=O) groups is 1. The zero-order valence-electron chi connectivity index (χ0n) is 15.5. The number of rotatable bonds is 6. The van der Waals surface area contributed by atoms with Crippen LogP contribution in [0, 0.1) is 13.8 Å². The molecule has 0 aliphatic heterocycles. The van der Waals surface area contributed by atoms with E-state index in [1.54, 1.807) is 19.9 Å². The number of hydrogen-bond donors (Lipinski definition) is 1. The summed E-state index contributed by atoms with van der Waals surface area (Å²) in [5, 5.41) is 4.63. The number of aryl methyl sites for hydroxylation is 2. The van der Waals surface area contributed by atoms with Gasteiger partial charge in [0.2, 0.25) is 10.0 Å². The monoisotopic (exact) mass is 417 g/mol. The van der Waals surface area contributed by atoms with Gasteiger partial charge in [-0.15, -0.1) is 0 Å². The van der Waals surface area contributed by atoms with Crippen LogP contribution in [0.1, 0.15) is 21.7 Å². The van der Waals surface area contributed by atoms with Crippen molar-refractivity contribution >= 4 is 27.5 Å². The Labute approximate surface area is 169 Å². The fourth-order valence-corrected chi connectivity index (χ4v) is 4.21. The first-order valence-electron chi connectivity index (χ1n) is 8.65. The Balaban J connectivity index is 1.94. The van der Waals surface area contributed by atoms with Crippen molar-refractivity contribution in [3.8, 4) is 0 Å². The Bertz CT molecular complexity index is 1080. The van der Waals surface area contributed by atoms with E-state index in [4.69, 9.17) is 11.6 Å². The largest absolute Gasteiger partial charge is 0.271 e. The van der Waals surface area contributed by atoms with Gasteiger partial charge in [-0.25, -0.2) is 13.1 Å². The predicted molar refractivity (Wildman–Crippen MR) is 108 cm³/mol. The Morgan fingerprint density at radius 2 is 1.75 bits per heavy atom. The van der Waals surface area contributed by atoms with Gasteiger partial charge in [-0.1, -0.05) is 41.9 Å². The number of benzene rings is 2. The first-order chi connectivity index (χ1) is 13.3. The number of sulfonamides is 1. The second-order valence-corrected chi connectivity index (χ2v) is 8.65. The molecule has 28 heavy (non-hydrogen) atoms. The lowest BCUT2D eigenvalue weighted by molar-refractivity contribution is 0.0851. The number of nitrogens with zero attached hydrogens (tertiary/aromatic N) is 2. The molecule has 1 atom stereocenters. The van der Waals surface area contributed by atoms with Gasteiger partial charge in [0.15, 0.2) is 0 Å². The number of aromatic nitrogens is 2. The van der Waals surface area contributed by atoms with Crippen molar-refractivity contribution in [3.05, 3.63) is 82.6 Å². The van der Waals surface area contributed by atoms with Gasteiger partial charge in [-0.2, -0.15) is 9.82 Å². The molecule has 3 aromatic rings. The van der Waals surface area contributed by atoms with Crippen LogP contribution in [0.25, 0.3) is 0 Å². The van der Waals surface area contributed by atoms with E-state index in [2.05, 4.69) is 9.82 Å². The maximum absolute atomic E-state index is 13.1. The average Bonchev–Trinajstić information content (AvgIpc) is 3.00. The summed E-state index contributed by atoms with van der Waals surface area (Å²) in [7, 11) is -3.93. The van der Waals surface area contributed by atoms with Crippen molar-refractivity contribution in [3.63, 3.8) is 0 Å². The third-order valence-electron chi connectivity index (χ3n) is 4.22. The zero-order valence-corrected chi connectivity index (χ0v) is 17.0. The molecule has 146 valence electrons. The Kier molecular flexibility index (Phi) is 5.98. The summed E-state index contributed by atoms with van der Waals surface area (Å²) >= 11 is 5.84. The highest BCUT2D eigenvalue weighted by Gasteiger charge is 2.28. The SMILES string of the molecule is Cc1cc(C)n(C(=O)C(Cc2ccccc2)NS(=O)(=O)c2ccc(Cl)cc2)n1. The summed E-state index contributed by atoms with van der Waals surface area (Å²) in [5.41, 5.74) is 2.16. The standard InChI is InChI=1S/C20H20ClN3O3S/c1-14-12-15(2)24(22-14)20(25)19(13-16-6-4-3-5-7-16)23-28(26,27)18-10-8-17(21)9-11-18/h3-12,19,23H,13H2,1-2H3. The molecule has 3 rings (SSSR count). The molecular formula is C20H20ClN3O3S. The molecule has 0 bridgehead atoms. The van der Waals surface area contributed by atoms with Gasteiger partial charge in [0.05, 0.1) is 10.6 Å². The van der Waals surface area contributed by atoms with Crippen molar-refractivity contribution in [2.45, 2.75) is 31.2 Å².